The molecule has 0 fully saturated rings. The molecule has 76 valence electrons. The van der Waals surface area contributed by atoms with Gasteiger partial charge in [-0.2, -0.15) is 0 Å². The maximum Gasteiger partial charge on any atom is 0.0713 e. The Bertz CT molecular complexity index is 333. The van der Waals surface area contributed by atoms with E-state index in [1.54, 1.807) is 0 Å². The van der Waals surface area contributed by atoms with Crippen LogP contribution in [0.2, 0.25) is 0 Å². The summed E-state index contributed by atoms with van der Waals surface area (Å²) in [7, 11) is 0. The number of benzene rings is 1. The van der Waals surface area contributed by atoms with Crippen LogP contribution in [0.1, 0.15) is 24.5 Å². The number of fused-ring (bicyclic) bond motifs is 1. The monoisotopic (exact) mass is 191 g/mol. The summed E-state index contributed by atoms with van der Waals surface area (Å²) < 4.78 is 0. The highest BCUT2D eigenvalue weighted by Crippen LogP contribution is 2.28. The van der Waals surface area contributed by atoms with Crippen LogP contribution in [0.4, 0.5) is 5.69 Å². The Balaban J connectivity index is 2.29. The summed E-state index contributed by atoms with van der Waals surface area (Å²) in [4.78, 5) is 0. The van der Waals surface area contributed by atoms with Crippen molar-refractivity contribution in [3.63, 3.8) is 0 Å². The van der Waals surface area contributed by atoms with Crippen molar-refractivity contribution < 1.29 is 5.11 Å². The molecule has 0 amide bonds. The summed E-state index contributed by atoms with van der Waals surface area (Å²) in [6.07, 6.45) is 1.82. The zero-order valence-electron chi connectivity index (χ0n) is 8.75. The first-order chi connectivity index (χ1) is 6.68. The van der Waals surface area contributed by atoms with E-state index in [-0.39, 0.29) is 12.1 Å². The topological polar surface area (TPSA) is 32.3 Å². The van der Waals surface area contributed by atoms with Gasteiger partial charge in [-0.3, -0.25) is 0 Å². The van der Waals surface area contributed by atoms with Gasteiger partial charge in [-0.15, -0.1) is 0 Å². The van der Waals surface area contributed by atoms with Crippen molar-refractivity contribution in [1.82, 2.24) is 0 Å². The third-order valence-corrected chi connectivity index (χ3v) is 3.00. The molecule has 2 unspecified atom stereocenters. The average Bonchev–Trinajstić information content (AvgIpc) is 2.18. The van der Waals surface area contributed by atoms with E-state index >= 15 is 0 Å². The molecule has 2 heteroatoms. The Kier molecular flexibility index (Phi) is 2.46. The number of rotatable bonds is 1. The smallest absolute Gasteiger partial charge is 0.0713 e. The van der Waals surface area contributed by atoms with Gasteiger partial charge in [0.25, 0.3) is 0 Å². The average molecular weight is 191 g/mol. The minimum atomic E-state index is -0.275. The highest BCUT2D eigenvalue weighted by Gasteiger charge is 2.21. The van der Waals surface area contributed by atoms with E-state index in [1.165, 1.54) is 16.8 Å². The van der Waals surface area contributed by atoms with Gasteiger partial charge in [-0.05, 0) is 37.8 Å². The second-order valence-corrected chi connectivity index (χ2v) is 4.14. The van der Waals surface area contributed by atoms with E-state index < -0.39 is 0 Å². The molecule has 1 aromatic carbocycles. The van der Waals surface area contributed by atoms with E-state index in [2.05, 4.69) is 30.4 Å². The van der Waals surface area contributed by atoms with E-state index in [0.29, 0.717) is 0 Å². The molecule has 2 rings (SSSR count). The van der Waals surface area contributed by atoms with Crippen LogP contribution < -0.4 is 5.32 Å². The van der Waals surface area contributed by atoms with Gasteiger partial charge in [-0.1, -0.05) is 18.2 Å². The minimum absolute atomic E-state index is 0.212. The maximum atomic E-state index is 9.53. The first-order valence-electron chi connectivity index (χ1n) is 5.21. The fourth-order valence-corrected chi connectivity index (χ4v) is 2.07. The quantitative estimate of drug-likeness (QED) is 0.712. The van der Waals surface area contributed by atoms with Crippen LogP contribution in [0.3, 0.4) is 0 Å². The Labute approximate surface area is 85.0 Å². The fourth-order valence-electron chi connectivity index (χ4n) is 2.07. The second kappa shape index (κ2) is 3.62. The molecule has 1 aliphatic rings. The lowest BCUT2D eigenvalue weighted by Crippen LogP contribution is -2.35. The van der Waals surface area contributed by atoms with Crippen molar-refractivity contribution in [3.8, 4) is 0 Å². The Hall–Kier alpha value is -1.02. The van der Waals surface area contributed by atoms with E-state index in [9.17, 15) is 5.11 Å². The second-order valence-electron chi connectivity index (χ2n) is 4.14. The lowest BCUT2D eigenvalue weighted by atomic mass is 9.93. The number of para-hydroxylation sites is 1. The van der Waals surface area contributed by atoms with Gasteiger partial charge >= 0.3 is 0 Å². The van der Waals surface area contributed by atoms with Gasteiger partial charge in [0.1, 0.15) is 0 Å². The normalized spacial score (nSPS) is 22.4. The molecule has 0 spiro atoms. The molecule has 2 nitrogen and oxygen atoms in total. The largest absolute Gasteiger partial charge is 0.391 e. The van der Waals surface area contributed by atoms with Gasteiger partial charge in [-0.25, -0.2) is 0 Å². The predicted octanol–water partition coefficient (Wildman–Crippen LogP) is 2.10. The highest BCUT2D eigenvalue weighted by atomic mass is 16.3. The van der Waals surface area contributed by atoms with E-state index in [0.717, 1.165) is 12.8 Å². The summed E-state index contributed by atoms with van der Waals surface area (Å²) in [5, 5.41) is 12.9. The minimum Gasteiger partial charge on any atom is -0.391 e. The van der Waals surface area contributed by atoms with Crippen LogP contribution in [-0.2, 0) is 6.42 Å². The molecule has 2 atom stereocenters. The van der Waals surface area contributed by atoms with E-state index in [4.69, 9.17) is 0 Å². The van der Waals surface area contributed by atoms with Crippen molar-refractivity contribution in [2.45, 2.75) is 38.8 Å². The lowest BCUT2D eigenvalue weighted by molar-refractivity contribution is 0.166. The van der Waals surface area contributed by atoms with Gasteiger partial charge in [0, 0.05) is 5.69 Å². The Morgan fingerprint density at radius 1 is 1.50 bits per heavy atom. The summed E-state index contributed by atoms with van der Waals surface area (Å²) in [5.74, 6) is 0. The van der Waals surface area contributed by atoms with Crippen LogP contribution in [0, 0.1) is 6.92 Å². The molecular formula is C12H17NO. The highest BCUT2D eigenvalue weighted by molar-refractivity contribution is 5.59. The van der Waals surface area contributed by atoms with Crippen molar-refractivity contribution in [2.24, 2.45) is 0 Å². The van der Waals surface area contributed by atoms with Crippen LogP contribution in [-0.4, -0.2) is 17.3 Å². The predicted molar refractivity (Wildman–Crippen MR) is 58.6 cm³/mol. The van der Waals surface area contributed by atoms with Crippen molar-refractivity contribution in [3.05, 3.63) is 29.3 Å². The summed E-state index contributed by atoms with van der Waals surface area (Å²) >= 11 is 0. The van der Waals surface area contributed by atoms with Crippen molar-refractivity contribution in [1.29, 1.82) is 0 Å². The van der Waals surface area contributed by atoms with Gasteiger partial charge < -0.3 is 10.4 Å². The van der Waals surface area contributed by atoms with Crippen LogP contribution >= 0.6 is 0 Å². The number of aliphatic hydroxyl groups excluding tert-OH is 1. The molecule has 0 aliphatic carbocycles. The SMILES string of the molecule is Cc1cccc2c1NC(C(C)O)CC2. The third-order valence-electron chi connectivity index (χ3n) is 3.00. The number of hydrogen-bond donors (Lipinski definition) is 2. The zero-order chi connectivity index (χ0) is 10.1. The van der Waals surface area contributed by atoms with Crippen molar-refractivity contribution in [2.75, 3.05) is 5.32 Å². The van der Waals surface area contributed by atoms with Crippen molar-refractivity contribution >= 4 is 5.69 Å². The molecule has 0 radical (unpaired) electrons. The van der Waals surface area contributed by atoms with Crippen LogP contribution in [0.5, 0.6) is 0 Å². The number of aryl methyl sites for hydroxylation is 2. The van der Waals surface area contributed by atoms with E-state index in [1.807, 2.05) is 6.92 Å². The number of anilines is 1. The summed E-state index contributed by atoms with van der Waals surface area (Å²) in [6.45, 7) is 3.96. The molecule has 2 N–H and O–H groups in total. The number of nitrogens with one attached hydrogen (secondary N) is 1. The van der Waals surface area contributed by atoms with Gasteiger partial charge in [0.2, 0.25) is 0 Å². The molecule has 1 aliphatic heterocycles. The van der Waals surface area contributed by atoms with Crippen LogP contribution in [0.25, 0.3) is 0 Å². The fraction of sp³-hybridized carbons (Fsp3) is 0.500. The third kappa shape index (κ3) is 1.62. The Morgan fingerprint density at radius 2 is 2.29 bits per heavy atom. The zero-order valence-corrected chi connectivity index (χ0v) is 8.75. The van der Waals surface area contributed by atoms with Gasteiger partial charge in [0.15, 0.2) is 0 Å². The number of hydrogen-bond acceptors (Lipinski definition) is 2. The summed E-state index contributed by atoms with van der Waals surface area (Å²) in [6, 6.07) is 6.58. The molecule has 1 aromatic rings. The Morgan fingerprint density at radius 3 is 3.00 bits per heavy atom. The molecular weight excluding hydrogens is 174 g/mol. The first kappa shape index (κ1) is 9.53. The van der Waals surface area contributed by atoms with Crippen LogP contribution in [0.15, 0.2) is 18.2 Å². The molecule has 0 saturated carbocycles. The standard InChI is InChI=1S/C12H17NO/c1-8-4-3-5-10-6-7-11(9(2)14)13-12(8)10/h3-5,9,11,13-14H,6-7H2,1-2H3. The molecule has 1 heterocycles. The molecule has 0 aromatic heterocycles. The van der Waals surface area contributed by atoms with Gasteiger partial charge in [0.05, 0.1) is 12.1 Å². The molecule has 14 heavy (non-hydrogen) atoms. The molecule has 0 saturated heterocycles. The first-order valence-corrected chi connectivity index (χ1v) is 5.21. The lowest BCUT2D eigenvalue weighted by Gasteiger charge is -2.30. The number of aliphatic hydroxyl groups is 1. The molecule has 0 bridgehead atoms. The maximum absolute atomic E-state index is 9.53. The summed E-state index contributed by atoms with van der Waals surface area (Å²) in [5.41, 5.74) is 3.87.